The van der Waals surface area contributed by atoms with Crippen LogP contribution >= 0.6 is 0 Å². The zero-order valence-electron chi connectivity index (χ0n) is 14.4. The van der Waals surface area contributed by atoms with Gasteiger partial charge in [-0.05, 0) is 49.4 Å². The van der Waals surface area contributed by atoms with Gasteiger partial charge in [-0.3, -0.25) is 0 Å². The first-order chi connectivity index (χ1) is 10.8. The Morgan fingerprint density at radius 2 is 1.32 bits per heavy atom. The maximum Gasteiger partial charge on any atom is 0.0621 e. The van der Waals surface area contributed by atoms with Gasteiger partial charge < -0.3 is 0 Å². The molecule has 0 aromatic carbocycles. The summed E-state index contributed by atoms with van der Waals surface area (Å²) < 4.78 is 0. The summed E-state index contributed by atoms with van der Waals surface area (Å²) in [5, 5.41) is 17.9. The number of allylic oxidation sites excluding steroid dienone is 2. The van der Waals surface area contributed by atoms with Crippen LogP contribution in [-0.2, 0) is 0 Å². The van der Waals surface area contributed by atoms with Crippen molar-refractivity contribution in [1.82, 2.24) is 0 Å². The molecule has 0 aromatic heterocycles. The lowest BCUT2D eigenvalue weighted by atomic mass is 9.65. The lowest BCUT2D eigenvalue weighted by Crippen LogP contribution is -2.32. The van der Waals surface area contributed by atoms with Crippen molar-refractivity contribution >= 4 is 0 Å². The lowest BCUT2D eigenvalue weighted by molar-refractivity contribution is 0.154. The van der Waals surface area contributed by atoms with Gasteiger partial charge in [-0.15, -0.1) is 0 Å². The quantitative estimate of drug-likeness (QED) is 0.366. The van der Waals surface area contributed by atoms with Crippen molar-refractivity contribution in [3.05, 3.63) is 12.2 Å². The summed E-state index contributed by atoms with van der Waals surface area (Å²) in [7, 11) is 0. The number of hydrogen-bond donors (Lipinski definition) is 0. The van der Waals surface area contributed by atoms with Crippen molar-refractivity contribution in [2.45, 2.75) is 78.1 Å². The van der Waals surface area contributed by atoms with E-state index in [0.29, 0.717) is 36.5 Å². The van der Waals surface area contributed by atoms with Crippen LogP contribution in [0.25, 0.3) is 0 Å². The second kappa shape index (κ2) is 11.3. The Morgan fingerprint density at radius 1 is 0.727 bits per heavy atom. The second-order valence-electron chi connectivity index (χ2n) is 6.72. The molecule has 0 aliphatic heterocycles. The summed E-state index contributed by atoms with van der Waals surface area (Å²) in [6.07, 6.45) is 15.7. The number of nitriles is 2. The molecule has 0 saturated carbocycles. The summed E-state index contributed by atoms with van der Waals surface area (Å²) in [5.41, 5.74) is 0. The molecule has 4 unspecified atom stereocenters. The SMILES string of the molecule is CCCCCC1C(CCC)C=CC(CCC#N)C1CCC#N. The van der Waals surface area contributed by atoms with Crippen LogP contribution in [-0.4, -0.2) is 0 Å². The van der Waals surface area contributed by atoms with E-state index in [2.05, 4.69) is 38.1 Å². The summed E-state index contributed by atoms with van der Waals surface area (Å²) >= 11 is 0. The molecule has 0 heterocycles. The van der Waals surface area contributed by atoms with Crippen LogP contribution in [0, 0.1) is 46.3 Å². The van der Waals surface area contributed by atoms with Crippen LogP contribution in [0.4, 0.5) is 0 Å². The van der Waals surface area contributed by atoms with Gasteiger partial charge in [0.05, 0.1) is 12.1 Å². The van der Waals surface area contributed by atoms with Crippen molar-refractivity contribution in [2.75, 3.05) is 0 Å². The van der Waals surface area contributed by atoms with E-state index in [-0.39, 0.29) is 0 Å². The molecule has 0 radical (unpaired) electrons. The molecule has 0 fully saturated rings. The molecule has 0 N–H and O–H groups in total. The number of hydrogen-bond acceptors (Lipinski definition) is 2. The first kappa shape index (κ1) is 18.8. The molecule has 1 rings (SSSR count). The largest absolute Gasteiger partial charge is 0.198 e. The minimum Gasteiger partial charge on any atom is -0.198 e. The predicted octanol–water partition coefficient (Wildman–Crippen LogP) is 6.01. The number of unbranched alkanes of at least 4 members (excludes halogenated alkanes) is 2. The Morgan fingerprint density at radius 3 is 1.91 bits per heavy atom. The van der Waals surface area contributed by atoms with Gasteiger partial charge in [0, 0.05) is 12.8 Å². The van der Waals surface area contributed by atoms with Crippen LogP contribution in [0.3, 0.4) is 0 Å². The van der Waals surface area contributed by atoms with Crippen molar-refractivity contribution in [1.29, 1.82) is 10.5 Å². The van der Waals surface area contributed by atoms with Gasteiger partial charge in [-0.2, -0.15) is 10.5 Å². The third kappa shape index (κ3) is 5.84. The van der Waals surface area contributed by atoms with Gasteiger partial charge in [0.15, 0.2) is 0 Å². The number of nitrogens with zero attached hydrogens (tertiary/aromatic N) is 2. The highest BCUT2D eigenvalue weighted by Gasteiger charge is 2.34. The third-order valence-electron chi connectivity index (χ3n) is 5.20. The molecule has 0 bridgehead atoms. The highest BCUT2D eigenvalue weighted by atomic mass is 14.4. The van der Waals surface area contributed by atoms with Gasteiger partial charge >= 0.3 is 0 Å². The maximum absolute atomic E-state index is 9.01. The van der Waals surface area contributed by atoms with E-state index in [4.69, 9.17) is 10.5 Å². The molecule has 4 atom stereocenters. The summed E-state index contributed by atoms with van der Waals surface area (Å²) in [4.78, 5) is 0. The standard InChI is InChI=1S/C20H32N2/c1-3-5-6-11-19-17(9-4-2)13-14-18(10-7-15-21)20(19)12-8-16-22/h13-14,17-20H,3-12H2,1-2H3. The fraction of sp³-hybridized carbons (Fsp3) is 0.800. The fourth-order valence-corrected chi connectivity index (χ4v) is 4.11. The normalized spacial score (nSPS) is 27.3. The van der Waals surface area contributed by atoms with Gasteiger partial charge in [0.25, 0.3) is 0 Å². The van der Waals surface area contributed by atoms with E-state index in [9.17, 15) is 0 Å². The van der Waals surface area contributed by atoms with E-state index < -0.39 is 0 Å². The third-order valence-corrected chi connectivity index (χ3v) is 5.20. The molecule has 0 spiro atoms. The van der Waals surface area contributed by atoms with Gasteiger partial charge in [0.2, 0.25) is 0 Å². The van der Waals surface area contributed by atoms with E-state index in [1.807, 2.05) is 0 Å². The highest BCUT2D eigenvalue weighted by molar-refractivity contribution is 5.06. The van der Waals surface area contributed by atoms with Crippen molar-refractivity contribution < 1.29 is 0 Å². The Balaban J connectivity index is 2.84. The Hall–Kier alpha value is -1.28. The van der Waals surface area contributed by atoms with Gasteiger partial charge in [0.1, 0.15) is 0 Å². The summed E-state index contributed by atoms with van der Waals surface area (Å²) in [6, 6.07) is 4.63. The van der Waals surface area contributed by atoms with Crippen molar-refractivity contribution in [3.8, 4) is 12.1 Å². The molecule has 22 heavy (non-hydrogen) atoms. The molecular formula is C20H32N2. The van der Waals surface area contributed by atoms with Crippen LogP contribution in [0.2, 0.25) is 0 Å². The van der Waals surface area contributed by atoms with Crippen LogP contribution in [0.1, 0.15) is 78.1 Å². The molecule has 0 aromatic rings. The molecule has 0 saturated heterocycles. The highest BCUT2D eigenvalue weighted by Crippen LogP contribution is 2.43. The maximum atomic E-state index is 9.01. The smallest absolute Gasteiger partial charge is 0.0621 e. The zero-order chi connectivity index (χ0) is 16.2. The van der Waals surface area contributed by atoms with E-state index >= 15 is 0 Å². The Bertz CT molecular complexity index is 399. The van der Waals surface area contributed by atoms with Crippen molar-refractivity contribution in [2.24, 2.45) is 23.7 Å². The Kier molecular flexibility index (Phi) is 9.65. The van der Waals surface area contributed by atoms with Crippen LogP contribution in [0.15, 0.2) is 12.2 Å². The van der Waals surface area contributed by atoms with Crippen molar-refractivity contribution in [3.63, 3.8) is 0 Å². The Labute approximate surface area is 137 Å². The first-order valence-electron chi connectivity index (χ1n) is 9.20. The lowest BCUT2D eigenvalue weighted by Gasteiger charge is -2.40. The molecule has 1 aliphatic carbocycles. The molecule has 2 nitrogen and oxygen atoms in total. The van der Waals surface area contributed by atoms with Crippen LogP contribution in [0.5, 0.6) is 0 Å². The average Bonchev–Trinajstić information content (AvgIpc) is 2.53. The van der Waals surface area contributed by atoms with Gasteiger partial charge in [-0.25, -0.2) is 0 Å². The van der Waals surface area contributed by atoms with Crippen LogP contribution < -0.4 is 0 Å². The predicted molar refractivity (Wildman–Crippen MR) is 91.8 cm³/mol. The monoisotopic (exact) mass is 300 g/mol. The molecule has 1 aliphatic rings. The van der Waals surface area contributed by atoms with E-state index in [1.54, 1.807) is 0 Å². The van der Waals surface area contributed by atoms with Gasteiger partial charge in [-0.1, -0.05) is 51.7 Å². The topological polar surface area (TPSA) is 47.6 Å². The summed E-state index contributed by atoms with van der Waals surface area (Å²) in [5.74, 6) is 2.51. The minimum absolute atomic E-state index is 0.507. The number of rotatable bonds is 10. The minimum atomic E-state index is 0.507. The molecule has 122 valence electrons. The molecule has 2 heteroatoms. The fourth-order valence-electron chi connectivity index (χ4n) is 4.11. The first-order valence-corrected chi connectivity index (χ1v) is 9.20. The molecule has 0 amide bonds. The summed E-state index contributed by atoms with van der Waals surface area (Å²) in [6.45, 7) is 4.52. The van der Waals surface area contributed by atoms with E-state index in [0.717, 1.165) is 12.8 Å². The average molecular weight is 300 g/mol. The molecular weight excluding hydrogens is 268 g/mol. The second-order valence-corrected chi connectivity index (χ2v) is 6.72. The zero-order valence-corrected chi connectivity index (χ0v) is 14.4. The van der Waals surface area contributed by atoms with E-state index in [1.165, 1.54) is 38.5 Å².